The van der Waals surface area contributed by atoms with Gasteiger partial charge in [-0.25, -0.2) is 0 Å². The molecule has 4 nitrogen and oxygen atoms in total. The van der Waals surface area contributed by atoms with Crippen molar-refractivity contribution in [3.05, 3.63) is 18.2 Å². The Morgan fingerprint density at radius 3 is 3.00 bits per heavy atom. The molecule has 0 amide bonds. The van der Waals surface area contributed by atoms with Gasteiger partial charge in [0.15, 0.2) is 0 Å². The Bertz CT molecular complexity index is 277. The zero-order valence-electron chi connectivity index (χ0n) is 8.53. The minimum atomic E-state index is -0.382. The van der Waals surface area contributed by atoms with E-state index in [2.05, 4.69) is 10.3 Å². The number of rotatable bonds is 5. The van der Waals surface area contributed by atoms with Crippen molar-refractivity contribution < 1.29 is 9.84 Å². The standard InChI is InChI=1S/C10H16N2O2/c1-3-14-10-6-4-5-9(12-10)11-7-8(2)13/h4-6,8,13H,3,7H2,1-2H3,(H,11,12). The molecule has 0 fully saturated rings. The summed E-state index contributed by atoms with van der Waals surface area (Å²) in [5.74, 6) is 1.32. The molecule has 2 N–H and O–H groups in total. The third kappa shape index (κ3) is 3.62. The van der Waals surface area contributed by atoms with Gasteiger partial charge in [-0.15, -0.1) is 0 Å². The van der Waals surface area contributed by atoms with Crippen LogP contribution in [0, 0.1) is 0 Å². The summed E-state index contributed by atoms with van der Waals surface area (Å²) in [4.78, 5) is 4.19. The van der Waals surface area contributed by atoms with E-state index in [1.54, 1.807) is 13.0 Å². The molecule has 4 heteroatoms. The maximum atomic E-state index is 9.06. The third-order valence-corrected chi connectivity index (χ3v) is 1.59. The largest absolute Gasteiger partial charge is 0.478 e. The van der Waals surface area contributed by atoms with E-state index in [0.717, 1.165) is 5.82 Å². The van der Waals surface area contributed by atoms with Gasteiger partial charge in [-0.1, -0.05) is 6.07 Å². The molecule has 0 aliphatic rings. The van der Waals surface area contributed by atoms with Crippen molar-refractivity contribution in [2.24, 2.45) is 0 Å². The predicted molar refractivity (Wildman–Crippen MR) is 55.6 cm³/mol. The number of nitrogens with zero attached hydrogens (tertiary/aromatic N) is 1. The number of pyridine rings is 1. The van der Waals surface area contributed by atoms with E-state index in [4.69, 9.17) is 9.84 Å². The summed E-state index contributed by atoms with van der Waals surface area (Å²) in [6.45, 7) is 4.73. The first-order chi connectivity index (χ1) is 6.72. The van der Waals surface area contributed by atoms with Gasteiger partial charge in [0.25, 0.3) is 0 Å². The maximum Gasteiger partial charge on any atom is 0.215 e. The number of anilines is 1. The van der Waals surface area contributed by atoms with Crippen molar-refractivity contribution >= 4 is 5.82 Å². The topological polar surface area (TPSA) is 54.4 Å². The molecule has 0 saturated carbocycles. The molecular formula is C10H16N2O2. The van der Waals surface area contributed by atoms with Gasteiger partial charge in [0.05, 0.1) is 12.7 Å². The fourth-order valence-corrected chi connectivity index (χ4v) is 0.994. The Morgan fingerprint density at radius 2 is 2.36 bits per heavy atom. The molecule has 0 bridgehead atoms. The quantitative estimate of drug-likeness (QED) is 0.744. The smallest absolute Gasteiger partial charge is 0.215 e. The van der Waals surface area contributed by atoms with Gasteiger partial charge in [-0.05, 0) is 19.9 Å². The minimum absolute atomic E-state index is 0.382. The summed E-state index contributed by atoms with van der Waals surface area (Å²) in [6, 6.07) is 5.50. The van der Waals surface area contributed by atoms with Crippen LogP contribution in [0.5, 0.6) is 5.88 Å². The lowest BCUT2D eigenvalue weighted by Gasteiger charge is -2.08. The second-order valence-electron chi connectivity index (χ2n) is 3.02. The van der Waals surface area contributed by atoms with Gasteiger partial charge in [0.1, 0.15) is 5.82 Å². The summed E-state index contributed by atoms with van der Waals surface area (Å²) in [6.07, 6.45) is -0.382. The summed E-state index contributed by atoms with van der Waals surface area (Å²) in [5, 5.41) is 12.1. The fourth-order valence-electron chi connectivity index (χ4n) is 0.994. The average molecular weight is 196 g/mol. The van der Waals surface area contributed by atoms with Crippen LogP contribution in [0.1, 0.15) is 13.8 Å². The van der Waals surface area contributed by atoms with Crippen LogP contribution in [0.2, 0.25) is 0 Å². The second-order valence-corrected chi connectivity index (χ2v) is 3.02. The van der Waals surface area contributed by atoms with Crippen molar-refractivity contribution in [2.75, 3.05) is 18.5 Å². The van der Waals surface area contributed by atoms with Crippen molar-refractivity contribution in [1.29, 1.82) is 0 Å². The monoisotopic (exact) mass is 196 g/mol. The molecule has 1 atom stereocenters. The number of aromatic nitrogens is 1. The zero-order chi connectivity index (χ0) is 10.4. The van der Waals surface area contributed by atoms with Gasteiger partial charge in [-0.3, -0.25) is 0 Å². The van der Waals surface area contributed by atoms with Crippen molar-refractivity contribution in [2.45, 2.75) is 20.0 Å². The number of ether oxygens (including phenoxy) is 1. The minimum Gasteiger partial charge on any atom is -0.478 e. The molecule has 0 aliphatic carbocycles. The van der Waals surface area contributed by atoms with Gasteiger partial charge >= 0.3 is 0 Å². The molecule has 0 saturated heterocycles. The Hall–Kier alpha value is -1.29. The van der Waals surface area contributed by atoms with Gasteiger partial charge in [0.2, 0.25) is 5.88 Å². The Balaban J connectivity index is 2.54. The molecular weight excluding hydrogens is 180 g/mol. The van der Waals surface area contributed by atoms with Crippen LogP contribution in [0.25, 0.3) is 0 Å². The Kier molecular flexibility index (Phi) is 4.19. The number of hydrogen-bond acceptors (Lipinski definition) is 4. The van der Waals surface area contributed by atoms with E-state index in [0.29, 0.717) is 19.0 Å². The molecule has 1 heterocycles. The Labute approximate surface area is 83.9 Å². The lowest BCUT2D eigenvalue weighted by molar-refractivity contribution is 0.208. The highest BCUT2D eigenvalue weighted by molar-refractivity contribution is 5.37. The van der Waals surface area contributed by atoms with E-state index >= 15 is 0 Å². The van der Waals surface area contributed by atoms with E-state index in [1.807, 2.05) is 19.1 Å². The first kappa shape index (κ1) is 10.8. The van der Waals surface area contributed by atoms with Crippen molar-refractivity contribution in [3.8, 4) is 5.88 Å². The fraction of sp³-hybridized carbons (Fsp3) is 0.500. The highest BCUT2D eigenvalue weighted by atomic mass is 16.5. The second kappa shape index (κ2) is 5.44. The Morgan fingerprint density at radius 1 is 1.57 bits per heavy atom. The number of nitrogens with one attached hydrogen (secondary N) is 1. The molecule has 1 unspecified atom stereocenters. The van der Waals surface area contributed by atoms with Gasteiger partial charge in [-0.2, -0.15) is 4.98 Å². The predicted octanol–water partition coefficient (Wildman–Crippen LogP) is 1.27. The molecule has 0 radical (unpaired) electrons. The molecule has 1 aromatic heterocycles. The van der Waals surface area contributed by atoms with E-state index in [1.165, 1.54) is 0 Å². The van der Waals surface area contributed by atoms with Crippen LogP contribution in [-0.2, 0) is 0 Å². The first-order valence-electron chi connectivity index (χ1n) is 4.74. The average Bonchev–Trinajstić information content (AvgIpc) is 2.16. The molecule has 78 valence electrons. The van der Waals surface area contributed by atoms with E-state index in [9.17, 15) is 0 Å². The summed E-state index contributed by atoms with van der Waals surface area (Å²) in [7, 11) is 0. The number of aliphatic hydroxyl groups is 1. The maximum absolute atomic E-state index is 9.06. The molecule has 0 aliphatic heterocycles. The highest BCUT2D eigenvalue weighted by Crippen LogP contribution is 2.10. The molecule has 14 heavy (non-hydrogen) atoms. The number of hydrogen-bond donors (Lipinski definition) is 2. The van der Waals surface area contributed by atoms with Crippen LogP contribution in [0.15, 0.2) is 18.2 Å². The molecule has 1 rings (SSSR count). The lowest BCUT2D eigenvalue weighted by Crippen LogP contribution is -2.16. The summed E-state index contributed by atoms with van der Waals surface area (Å²) >= 11 is 0. The first-order valence-corrected chi connectivity index (χ1v) is 4.74. The summed E-state index contributed by atoms with van der Waals surface area (Å²) in [5.41, 5.74) is 0. The van der Waals surface area contributed by atoms with Crippen LogP contribution < -0.4 is 10.1 Å². The normalized spacial score (nSPS) is 12.2. The van der Waals surface area contributed by atoms with Crippen LogP contribution in [0.3, 0.4) is 0 Å². The van der Waals surface area contributed by atoms with E-state index < -0.39 is 0 Å². The van der Waals surface area contributed by atoms with Crippen LogP contribution in [-0.4, -0.2) is 29.3 Å². The third-order valence-electron chi connectivity index (χ3n) is 1.59. The zero-order valence-corrected chi connectivity index (χ0v) is 8.53. The molecule has 0 spiro atoms. The summed E-state index contributed by atoms with van der Waals surface area (Å²) < 4.78 is 5.24. The lowest BCUT2D eigenvalue weighted by atomic mass is 10.4. The molecule has 0 aromatic carbocycles. The number of aliphatic hydroxyl groups excluding tert-OH is 1. The SMILES string of the molecule is CCOc1cccc(NCC(C)O)n1. The van der Waals surface area contributed by atoms with Crippen LogP contribution >= 0.6 is 0 Å². The molecule has 1 aromatic rings. The van der Waals surface area contributed by atoms with Crippen molar-refractivity contribution in [3.63, 3.8) is 0 Å². The van der Waals surface area contributed by atoms with Crippen molar-refractivity contribution in [1.82, 2.24) is 4.98 Å². The van der Waals surface area contributed by atoms with Gasteiger partial charge < -0.3 is 15.2 Å². The van der Waals surface area contributed by atoms with Gasteiger partial charge in [0, 0.05) is 12.6 Å². The van der Waals surface area contributed by atoms with Crippen LogP contribution in [0.4, 0.5) is 5.82 Å². The highest BCUT2D eigenvalue weighted by Gasteiger charge is 1.99. The van der Waals surface area contributed by atoms with E-state index in [-0.39, 0.29) is 6.10 Å².